The van der Waals surface area contributed by atoms with E-state index in [9.17, 15) is 45.3 Å². The van der Waals surface area contributed by atoms with E-state index in [4.69, 9.17) is 29.8 Å². The monoisotopic (exact) mass is 739 g/mol. The van der Waals surface area contributed by atoms with Gasteiger partial charge in [-0.25, -0.2) is 9.59 Å². The maximum absolute atomic E-state index is 13.7. The molecule has 0 aromatic rings. The normalized spacial score (nSPS) is 31.4. The van der Waals surface area contributed by atoms with E-state index in [-0.39, 0.29) is 61.8 Å². The number of carboxylic acids is 1. The Balaban J connectivity index is 1.73. The zero-order valence-corrected chi connectivity index (χ0v) is 28.7. The second kappa shape index (κ2) is 18.9. The SMILES string of the molecule is C=CC1C(OC2OC(CO)C(O)C(O)(O)C2O)OC=C(C(=O)OC2CCCCC2)C1C=CC1=C[NH+](CCO)CC(C(=O)O)=C1NC(N)=NCCCO. The first-order valence-corrected chi connectivity index (χ1v) is 17.3. The van der Waals surface area contributed by atoms with Crippen LogP contribution in [-0.2, 0) is 28.5 Å². The number of hydrogen-bond acceptors (Lipinski definition) is 14. The highest BCUT2D eigenvalue weighted by molar-refractivity contribution is 5.92. The van der Waals surface area contributed by atoms with Gasteiger partial charge in [-0.15, -0.1) is 6.58 Å². The highest BCUT2D eigenvalue weighted by Gasteiger charge is 2.56. The summed E-state index contributed by atoms with van der Waals surface area (Å²) in [5.74, 6) is -7.05. The van der Waals surface area contributed by atoms with Crippen molar-refractivity contribution in [1.29, 1.82) is 0 Å². The van der Waals surface area contributed by atoms with Gasteiger partial charge in [-0.2, -0.15) is 0 Å². The molecule has 4 aliphatic rings. The molecule has 3 heterocycles. The van der Waals surface area contributed by atoms with E-state index in [1.54, 1.807) is 18.4 Å². The van der Waals surface area contributed by atoms with Gasteiger partial charge in [0.2, 0.25) is 12.1 Å². The predicted molar refractivity (Wildman–Crippen MR) is 180 cm³/mol. The lowest BCUT2D eigenvalue weighted by molar-refractivity contribution is -0.843. The number of aliphatic hydroxyl groups is 7. The topological polar surface area (TPSA) is 288 Å². The quantitative estimate of drug-likeness (QED) is 0.0195. The van der Waals surface area contributed by atoms with Gasteiger partial charge in [0.25, 0.3) is 0 Å². The van der Waals surface area contributed by atoms with Crippen LogP contribution in [0.5, 0.6) is 0 Å². The summed E-state index contributed by atoms with van der Waals surface area (Å²) >= 11 is 0. The molecule has 0 bridgehead atoms. The average Bonchev–Trinajstić information content (AvgIpc) is 3.12. The Morgan fingerprint density at radius 3 is 2.48 bits per heavy atom. The van der Waals surface area contributed by atoms with E-state index >= 15 is 0 Å². The first-order chi connectivity index (χ1) is 24.9. The fourth-order valence-electron chi connectivity index (χ4n) is 6.48. The molecule has 52 heavy (non-hydrogen) atoms. The summed E-state index contributed by atoms with van der Waals surface area (Å²) in [5, 5.41) is 83.0. The van der Waals surface area contributed by atoms with Crippen LogP contribution < -0.4 is 16.0 Å². The molecule has 1 saturated carbocycles. The summed E-state index contributed by atoms with van der Waals surface area (Å²) < 4.78 is 22.9. The predicted octanol–water partition coefficient (Wildman–Crippen LogP) is -3.39. The minimum Gasteiger partial charge on any atom is -0.478 e. The number of nitrogens with zero attached hydrogens (tertiary/aromatic N) is 1. The van der Waals surface area contributed by atoms with Crippen LogP contribution in [-0.4, -0.2) is 141 Å². The smallest absolute Gasteiger partial charge is 0.339 e. The van der Waals surface area contributed by atoms with Crippen LogP contribution in [0.1, 0.15) is 38.5 Å². The number of aliphatic hydroxyl groups excluding tert-OH is 5. The molecule has 0 radical (unpaired) electrons. The summed E-state index contributed by atoms with van der Waals surface area (Å²) in [6.07, 6.45) is 2.44. The number of aliphatic carboxylic acids is 1. The molecule has 18 nitrogen and oxygen atoms in total. The van der Waals surface area contributed by atoms with Gasteiger partial charge in [-0.3, -0.25) is 4.99 Å². The maximum atomic E-state index is 13.7. The largest absolute Gasteiger partial charge is 0.478 e. The molecule has 290 valence electrons. The van der Waals surface area contributed by atoms with Gasteiger partial charge in [0.1, 0.15) is 43.2 Å². The first-order valence-electron chi connectivity index (χ1n) is 17.3. The lowest BCUT2D eigenvalue weighted by atomic mass is 9.83. The number of hydrogen-bond donors (Lipinski definition) is 11. The van der Waals surface area contributed by atoms with Crippen LogP contribution in [0.4, 0.5) is 0 Å². The van der Waals surface area contributed by atoms with E-state index < -0.39 is 67.1 Å². The third-order valence-electron chi connectivity index (χ3n) is 9.37. The molecular formula is C34H51N4O14+. The summed E-state index contributed by atoms with van der Waals surface area (Å²) in [6, 6.07) is 0. The first kappa shape index (κ1) is 41.1. The van der Waals surface area contributed by atoms with Crippen molar-refractivity contribution in [2.45, 2.75) is 81.3 Å². The molecule has 8 unspecified atom stereocenters. The number of aliphatic imine (C=N–C) groups is 1. The second-order valence-electron chi connectivity index (χ2n) is 13.0. The molecule has 0 aromatic carbocycles. The maximum Gasteiger partial charge on any atom is 0.339 e. The molecule has 8 atom stereocenters. The molecule has 4 rings (SSSR count). The molecule has 1 aliphatic carbocycles. The zero-order chi connectivity index (χ0) is 38.0. The van der Waals surface area contributed by atoms with Gasteiger partial charge in [-0.05, 0) is 32.1 Å². The molecule has 1 saturated heterocycles. The average molecular weight is 740 g/mol. The fraction of sp³-hybridized carbons (Fsp3) is 0.618. The molecular weight excluding hydrogens is 688 g/mol. The van der Waals surface area contributed by atoms with Crippen molar-refractivity contribution in [2.75, 3.05) is 39.5 Å². The Kier molecular flexibility index (Phi) is 14.9. The van der Waals surface area contributed by atoms with Crippen molar-refractivity contribution < 1.29 is 74.3 Å². The Bertz CT molecular complexity index is 1420. The number of carboxylic acid groups (broad SMARTS) is 1. The zero-order valence-electron chi connectivity index (χ0n) is 28.7. The minimum absolute atomic E-state index is 0.00866. The van der Waals surface area contributed by atoms with E-state index in [2.05, 4.69) is 16.9 Å². The number of nitrogens with two attached hydrogens (primary N) is 1. The Morgan fingerprint density at radius 1 is 1.12 bits per heavy atom. The Morgan fingerprint density at radius 2 is 1.85 bits per heavy atom. The van der Waals surface area contributed by atoms with Crippen molar-refractivity contribution in [3.8, 4) is 0 Å². The summed E-state index contributed by atoms with van der Waals surface area (Å²) in [6.45, 7) is 3.01. The Hall–Kier alpha value is -3.69. The third kappa shape index (κ3) is 9.84. The van der Waals surface area contributed by atoms with E-state index in [0.29, 0.717) is 29.7 Å². The number of guanidine groups is 1. The van der Waals surface area contributed by atoms with Gasteiger partial charge in [0.15, 0.2) is 18.4 Å². The van der Waals surface area contributed by atoms with Crippen LogP contribution in [0.2, 0.25) is 0 Å². The van der Waals surface area contributed by atoms with Crippen LogP contribution in [0.15, 0.2) is 64.7 Å². The third-order valence-corrected chi connectivity index (χ3v) is 9.37. The van der Waals surface area contributed by atoms with Crippen molar-refractivity contribution in [2.24, 2.45) is 22.6 Å². The molecule has 12 N–H and O–H groups in total. The number of ether oxygens (including phenoxy) is 4. The molecule has 2 fully saturated rings. The van der Waals surface area contributed by atoms with Crippen LogP contribution >= 0.6 is 0 Å². The van der Waals surface area contributed by atoms with Crippen LogP contribution in [0.25, 0.3) is 0 Å². The van der Waals surface area contributed by atoms with E-state index in [0.717, 1.165) is 25.5 Å². The number of carbonyl (C=O) groups excluding carboxylic acids is 1. The van der Waals surface area contributed by atoms with Crippen LogP contribution in [0.3, 0.4) is 0 Å². The highest BCUT2D eigenvalue weighted by Crippen LogP contribution is 2.38. The number of quaternary nitrogens is 1. The summed E-state index contributed by atoms with van der Waals surface area (Å²) in [7, 11) is 0. The van der Waals surface area contributed by atoms with Gasteiger partial charge < -0.3 is 75.8 Å². The van der Waals surface area contributed by atoms with Gasteiger partial charge in [0, 0.05) is 19.1 Å². The number of esters is 1. The number of nitrogens with one attached hydrogen (secondary N) is 2. The van der Waals surface area contributed by atoms with Gasteiger partial charge >= 0.3 is 11.9 Å². The molecule has 0 aromatic heterocycles. The highest BCUT2D eigenvalue weighted by atomic mass is 16.8. The number of carbonyl (C=O) groups is 2. The van der Waals surface area contributed by atoms with Crippen molar-refractivity contribution in [3.63, 3.8) is 0 Å². The van der Waals surface area contributed by atoms with Crippen molar-refractivity contribution in [1.82, 2.24) is 5.32 Å². The van der Waals surface area contributed by atoms with Gasteiger partial charge in [-0.1, -0.05) is 24.6 Å². The summed E-state index contributed by atoms with van der Waals surface area (Å²) in [5.41, 5.74) is 6.49. The molecule has 0 amide bonds. The molecule has 3 aliphatic heterocycles. The minimum atomic E-state index is -3.13. The van der Waals surface area contributed by atoms with Crippen molar-refractivity contribution in [3.05, 3.63) is 59.7 Å². The Labute approximate surface area is 300 Å². The van der Waals surface area contributed by atoms with E-state index in [1.165, 1.54) is 6.08 Å². The lowest BCUT2D eigenvalue weighted by Gasteiger charge is -2.46. The van der Waals surface area contributed by atoms with Crippen molar-refractivity contribution >= 4 is 17.9 Å². The lowest BCUT2D eigenvalue weighted by Crippen LogP contribution is -3.09. The fourth-order valence-corrected chi connectivity index (χ4v) is 6.48. The standard InChI is InChI=1S/C34H50N4O14/c1-2-21-22(10-9-19-15-38(12-14-40)16-23(29(44)45)26(19)37-33(35)36-11-6-13-39)24(30(46)50-20-7-4-3-5-8-20)18-49-31(21)52-32-28(43)34(47,48)27(42)25(17-41)51-32/h2,9-10,15,18,20-22,25,27-28,31-32,39-43,47-48H,1,3-8,11-14,16-17H2,(H,44,45)(H3,35,36,37)/p+1. The van der Waals surface area contributed by atoms with Crippen LogP contribution in [0, 0.1) is 11.8 Å². The number of allylic oxidation sites excluding steroid dienone is 2. The summed E-state index contributed by atoms with van der Waals surface area (Å²) in [4.78, 5) is 30.9. The van der Waals surface area contributed by atoms with E-state index in [1.807, 2.05) is 0 Å². The molecule has 18 heteroatoms. The molecule has 0 spiro atoms. The van der Waals surface area contributed by atoms with Gasteiger partial charge in [0.05, 0.1) is 42.2 Å². The second-order valence-corrected chi connectivity index (χ2v) is 13.0. The number of rotatable bonds is 15.